The number of fused-ring (bicyclic) bond motifs is 1. The van der Waals surface area contributed by atoms with Gasteiger partial charge in [0.15, 0.2) is 16.7 Å². The molecule has 0 fully saturated rings. The number of aromatic amines is 1. The molecular formula is C22H28N4O5S. The van der Waals surface area contributed by atoms with Gasteiger partial charge in [0, 0.05) is 30.1 Å². The zero-order chi connectivity index (χ0) is 23.3. The van der Waals surface area contributed by atoms with Gasteiger partial charge in [-0.3, -0.25) is 14.2 Å². The van der Waals surface area contributed by atoms with Crippen LogP contribution in [-0.2, 0) is 11.3 Å². The lowest BCUT2D eigenvalue weighted by Crippen LogP contribution is -2.24. The van der Waals surface area contributed by atoms with Crippen LogP contribution in [-0.4, -0.2) is 47.5 Å². The fourth-order valence-electron chi connectivity index (χ4n) is 3.31. The molecule has 2 N–H and O–H groups in total. The summed E-state index contributed by atoms with van der Waals surface area (Å²) in [5.41, 5.74) is 2.36. The molecule has 0 aliphatic carbocycles. The van der Waals surface area contributed by atoms with Crippen LogP contribution in [0.5, 0.6) is 17.2 Å². The van der Waals surface area contributed by atoms with Crippen LogP contribution in [0, 0.1) is 6.92 Å². The summed E-state index contributed by atoms with van der Waals surface area (Å²) in [6.07, 6.45) is 1.79. The van der Waals surface area contributed by atoms with Crippen molar-refractivity contribution in [3.05, 3.63) is 34.2 Å². The van der Waals surface area contributed by atoms with Gasteiger partial charge < -0.3 is 24.5 Å². The average molecular weight is 461 g/mol. The minimum atomic E-state index is -0.245. The Morgan fingerprint density at radius 3 is 2.44 bits per heavy atom. The highest BCUT2D eigenvalue weighted by atomic mass is 32.2. The van der Waals surface area contributed by atoms with Crippen molar-refractivity contribution >= 4 is 34.4 Å². The number of anilines is 1. The van der Waals surface area contributed by atoms with Crippen LogP contribution in [0.2, 0.25) is 0 Å². The van der Waals surface area contributed by atoms with E-state index in [9.17, 15) is 9.59 Å². The lowest BCUT2D eigenvalue weighted by atomic mass is 10.2. The van der Waals surface area contributed by atoms with Crippen molar-refractivity contribution in [3.8, 4) is 17.2 Å². The summed E-state index contributed by atoms with van der Waals surface area (Å²) in [5.74, 6) is 1.17. The van der Waals surface area contributed by atoms with E-state index in [0.29, 0.717) is 45.7 Å². The van der Waals surface area contributed by atoms with Crippen molar-refractivity contribution in [2.24, 2.45) is 0 Å². The normalized spacial score (nSPS) is 10.9. The molecule has 0 unspecified atom stereocenters. The number of hydrogen-bond acceptors (Lipinski definition) is 7. The van der Waals surface area contributed by atoms with Gasteiger partial charge >= 0.3 is 0 Å². The van der Waals surface area contributed by atoms with Gasteiger partial charge in [-0.2, -0.15) is 0 Å². The van der Waals surface area contributed by atoms with E-state index in [-0.39, 0.29) is 17.2 Å². The smallest absolute Gasteiger partial charge is 0.278 e. The number of carbonyl (C=O) groups is 1. The van der Waals surface area contributed by atoms with Gasteiger partial charge in [0.25, 0.3) is 5.56 Å². The number of amides is 1. The van der Waals surface area contributed by atoms with Crippen molar-refractivity contribution < 1.29 is 19.0 Å². The molecule has 9 nitrogen and oxygen atoms in total. The molecule has 0 radical (unpaired) electrons. The van der Waals surface area contributed by atoms with Gasteiger partial charge in [-0.05, 0) is 19.4 Å². The molecule has 0 atom stereocenters. The highest BCUT2D eigenvalue weighted by molar-refractivity contribution is 7.99. The summed E-state index contributed by atoms with van der Waals surface area (Å²) in [5, 5.41) is 3.36. The predicted molar refractivity (Wildman–Crippen MR) is 125 cm³/mol. The molecule has 1 aromatic carbocycles. The largest absolute Gasteiger partial charge is 0.493 e. The Hall–Kier alpha value is -3.14. The number of thioether (sulfide) groups is 1. The highest BCUT2D eigenvalue weighted by Gasteiger charge is 2.17. The fourth-order valence-corrected chi connectivity index (χ4v) is 4.14. The molecular weight excluding hydrogens is 432 g/mol. The second kappa shape index (κ2) is 10.4. The summed E-state index contributed by atoms with van der Waals surface area (Å²) in [4.78, 5) is 33.3. The molecule has 0 spiro atoms. The van der Waals surface area contributed by atoms with Crippen molar-refractivity contribution in [1.29, 1.82) is 0 Å². The van der Waals surface area contributed by atoms with E-state index in [1.54, 1.807) is 16.7 Å². The van der Waals surface area contributed by atoms with Gasteiger partial charge in [0.05, 0.1) is 32.6 Å². The second-order valence-electron chi connectivity index (χ2n) is 7.17. The number of benzene rings is 1. The van der Waals surface area contributed by atoms with Crippen molar-refractivity contribution in [1.82, 2.24) is 14.5 Å². The predicted octanol–water partition coefficient (Wildman–Crippen LogP) is 3.59. The standard InChI is InChI=1S/C22H28N4O5S/c1-6-7-8-26-21(28)19-15(9-13(2)23-19)25-22(26)32-12-18(27)24-14-10-16(29-3)20(31-5)17(11-14)30-4/h9-11,23H,6-8,12H2,1-5H3,(H,24,27). The molecule has 0 saturated heterocycles. The first kappa shape index (κ1) is 23.5. The third-order valence-electron chi connectivity index (χ3n) is 4.85. The minimum absolute atomic E-state index is 0.0874. The van der Waals surface area contributed by atoms with E-state index in [1.807, 2.05) is 13.0 Å². The van der Waals surface area contributed by atoms with Crippen LogP contribution < -0.4 is 25.1 Å². The average Bonchev–Trinajstić information content (AvgIpc) is 3.16. The molecule has 0 saturated carbocycles. The summed E-state index contributed by atoms with van der Waals surface area (Å²) < 4.78 is 17.6. The number of hydrogen-bond donors (Lipinski definition) is 2. The Bertz CT molecular complexity index is 1150. The van der Waals surface area contributed by atoms with Crippen molar-refractivity contribution in [3.63, 3.8) is 0 Å². The SMILES string of the molecule is CCCCn1c(SCC(=O)Nc2cc(OC)c(OC)c(OC)c2)nc2cc(C)[nH]c2c1=O. The fraction of sp³-hybridized carbons (Fsp3) is 0.409. The summed E-state index contributed by atoms with van der Waals surface area (Å²) >= 11 is 1.23. The van der Waals surface area contributed by atoms with Gasteiger partial charge in [0.1, 0.15) is 5.52 Å². The number of methoxy groups -OCH3 is 3. The molecule has 0 bridgehead atoms. The number of carbonyl (C=O) groups excluding carboxylic acids is 1. The van der Waals surface area contributed by atoms with Crippen LogP contribution >= 0.6 is 11.8 Å². The van der Waals surface area contributed by atoms with E-state index < -0.39 is 0 Å². The van der Waals surface area contributed by atoms with E-state index in [1.165, 1.54) is 33.1 Å². The van der Waals surface area contributed by atoms with Crippen LogP contribution in [0.1, 0.15) is 25.5 Å². The summed E-state index contributed by atoms with van der Waals surface area (Å²) in [6.45, 7) is 4.50. The minimum Gasteiger partial charge on any atom is -0.493 e. The van der Waals surface area contributed by atoms with Gasteiger partial charge in [-0.1, -0.05) is 25.1 Å². The summed E-state index contributed by atoms with van der Waals surface area (Å²) in [6, 6.07) is 5.16. The van der Waals surface area contributed by atoms with Crippen molar-refractivity contribution in [2.75, 3.05) is 32.4 Å². The maximum atomic E-state index is 12.9. The van der Waals surface area contributed by atoms with E-state index >= 15 is 0 Å². The van der Waals surface area contributed by atoms with Gasteiger partial charge in [0.2, 0.25) is 11.7 Å². The Morgan fingerprint density at radius 2 is 1.84 bits per heavy atom. The van der Waals surface area contributed by atoms with E-state index in [0.717, 1.165) is 18.5 Å². The molecule has 10 heteroatoms. The lowest BCUT2D eigenvalue weighted by Gasteiger charge is -2.15. The Kier molecular flexibility index (Phi) is 7.68. The monoisotopic (exact) mass is 460 g/mol. The molecule has 3 rings (SSSR count). The quantitative estimate of drug-likeness (QED) is 0.352. The molecule has 1 amide bonds. The maximum Gasteiger partial charge on any atom is 0.278 e. The van der Waals surface area contributed by atoms with Gasteiger partial charge in [-0.25, -0.2) is 4.98 Å². The number of rotatable bonds is 10. The number of aryl methyl sites for hydroxylation is 1. The first-order valence-corrected chi connectivity index (χ1v) is 11.2. The number of nitrogens with zero attached hydrogens (tertiary/aromatic N) is 2. The maximum absolute atomic E-state index is 12.9. The van der Waals surface area contributed by atoms with Crippen LogP contribution in [0.25, 0.3) is 11.0 Å². The molecule has 2 aromatic heterocycles. The van der Waals surface area contributed by atoms with Crippen LogP contribution in [0.3, 0.4) is 0 Å². The van der Waals surface area contributed by atoms with Crippen LogP contribution in [0.15, 0.2) is 28.2 Å². The number of ether oxygens (including phenoxy) is 3. The Morgan fingerprint density at radius 1 is 1.16 bits per heavy atom. The van der Waals surface area contributed by atoms with E-state index in [4.69, 9.17) is 14.2 Å². The number of aromatic nitrogens is 3. The number of H-pyrrole nitrogens is 1. The molecule has 0 aliphatic rings. The first-order valence-electron chi connectivity index (χ1n) is 10.2. The summed E-state index contributed by atoms with van der Waals surface area (Å²) in [7, 11) is 4.54. The molecule has 2 heterocycles. The Balaban J connectivity index is 1.81. The van der Waals surface area contributed by atoms with Crippen molar-refractivity contribution in [2.45, 2.75) is 38.4 Å². The zero-order valence-electron chi connectivity index (χ0n) is 18.9. The van der Waals surface area contributed by atoms with Gasteiger partial charge in [-0.15, -0.1) is 0 Å². The Labute approximate surface area is 190 Å². The lowest BCUT2D eigenvalue weighted by molar-refractivity contribution is -0.113. The second-order valence-corrected chi connectivity index (χ2v) is 8.11. The van der Waals surface area contributed by atoms with Crippen LogP contribution in [0.4, 0.5) is 5.69 Å². The number of nitrogens with one attached hydrogen (secondary N) is 2. The third kappa shape index (κ3) is 5.01. The topological polar surface area (TPSA) is 107 Å². The van der Waals surface area contributed by atoms with E-state index in [2.05, 4.69) is 22.2 Å². The molecule has 0 aliphatic heterocycles. The third-order valence-corrected chi connectivity index (χ3v) is 5.83. The molecule has 32 heavy (non-hydrogen) atoms. The number of unbranched alkanes of at least 4 members (excludes halogenated alkanes) is 1. The highest BCUT2D eigenvalue weighted by Crippen LogP contribution is 2.40. The zero-order valence-corrected chi connectivity index (χ0v) is 19.7. The molecule has 3 aromatic rings. The molecule has 172 valence electrons. The first-order chi connectivity index (χ1) is 15.4.